The Balaban J connectivity index is 2.79. The van der Waals surface area contributed by atoms with Crippen LogP contribution in [-0.2, 0) is 0 Å². The van der Waals surface area contributed by atoms with Gasteiger partial charge in [-0.1, -0.05) is 28.1 Å². The van der Waals surface area contributed by atoms with Crippen LogP contribution in [0.25, 0.3) is 11.1 Å². The Morgan fingerprint density at radius 3 is 2.53 bits per heavy atom. The first kappa shape index (κ1) is 13.7. The lowest BCUT2D eigenvalue weighted by Crippen LogP contribution is -2.03. The van der Waals surface area contributed by atoms with Gasteiger partial charge in [-0.3, -0.25) is 0 Å². The van der Waals surface area contributed by atoms with Crippen LogP contribution < -0.4 is 0 Å². The monoisotopic (exact) mass is 326 g/mol. The van der Waals surface area contributed by atoms with Crippen molar-refractivity contribution in [3.05, 3.63) is 57.6 Å². The van der Waals surface area contributed by atoms with Crippen molar-refractivity contribution in [1.29, 1.82) is 0 Å². The third-order valence-electron chi connectivity index (χ3n) is 2.77. The SMILES string of the molecule is Cc1ccc(F)c(-c2ccc(Br)cc2C(=O)O)c1F. The second-order valence-corrected chi connectivity index (χ2v) is 4.96. The summed E-state index contributed by atoms with van der Waals surface area (Å²) >= 11 is 3.14. The lowest BCUT2D eigenvalue weighted by Gasteiger charge is -2.10. The molecule has 0 aliphatic heterocycles. The Bertz CT molecular complexity index is 669. The number of hydrogen-bond donors (Lipinski definition) is 1. The maximum Gasteiger partial charge on any atom is 0.336 e. The molecular formula is C14H9BrF2O2. The van der Waals surface area contributed by atoms with Crippen molar-refractivity contribution in [3.8, 4) is 11.1 Å². The zero-order chi connectivity index (χ0) is 14.2. The number of aryl methyl sites for hydroxylation is 1. The average Bonchev–Trinajstić information content (AvgIpc) is 2.36. The smallest absolute Gasteiger partial charge is 0.336 e. The second kappa shape index (κ2) is 5.09. The molecule has 2 aromatic carbocycles. The fraction of sp³-hybridized carbons (Fsp3) is 0.0714. The van der Waals surface area contributed by atoms with E-state index in [1.54, 1.807) is 6.07 Å². The molecule has 0 heterocycles. The standard InChI is InChI=1S/C14H9BrF2O2/c1-7-2-5-11(16)12(13(7)17)9-4-3-8(15)6-10(9)14(18)19/h2-6H,1H3,(H,18,19). The molecule has 1 N–H and O–H groups in total. The lowest BCUT2D eigenvalue weighted by atomic mass is 9.97. The summed E-state index contributed by atoms with van der Waals surface area (Å²) in [5.74, 6) is -2.77. The van der Waals surface area contributed by atoms with Gasteiger partial charge in [-0.15, -0.1) is 0 Å². The molecule has 19 heavy (non-hydrogen) atoms. The van der Waals surface area contributed by atoms with Crippen molar-refractivity contribution in [2.45, 2.75) is 6.92 Å². The van der Waals surface area contributed by atoms with E-state index in [1.807, 2.05) is 0 Å². The summed E-state index contributed by atoms with van der Waals surface area (Å²) in [5.41, 5.74) is -0.187. The normalized spacial score (nSPS) is 10.5. The molecule has 0 aliphatic carbocycles. The summed E-state index contributed by atoms with van der Waals surface area (Å²) in [6.07, 6.45) is 0. The molecular weight excluding hydrogens is 318 g/mol. The first-order valence-corrected chi connectivity index (χ1v) is 6.19. The first-order valence-electron chi connectivity index (χ1n) is 5.39. The molecule has 0 saturated carbocycles. The zero-order valence-corrected chi connectivity index (χ0v) is 11.5. The van der Waals surface area contributed by atoms with Gasteiger partial charge in [0.15, 0.2) is 0 Å². The fourth-order valence-corrected chi connectivity index (χ4v) is 2.18. The summed E-state index contributed by atoms with van der Waals surface area (Å²) in [7, 11) is 0. The van der Waals surface area contributed by atoms with E-state index in [0.29, 0.717) is 4.47 Å². The van der Waals surface area contributed by atoms with Crippen LogP contribution in [0.5, 0.6) is 0 Å². The molecule has 0 unspecified atom stereocenters. The molecule has 2 nitrogen and oxygen atoms in total. The maximum atomic E-state index is 14.0. The van der Waals surface area contributed by atoms with Crippen LogP contribution in [0.2, 0.25) is 0 Å². The Hall–Kier alpha value is -1.75. The molecule has 2 rings (SSSR count). The lowest BCUT2D eigenvalue weighted by molar-refractivity contribution is 0.0697. The molecule has 0 aromatic heterocycles. The van der Waals surface area contributed by atoms with Crippen LogP contribution in [0, 0.1) is 18.6 Å². The van der Waals surface area contributed by atoms with Gasteiger partial charge in [-0.2, -0.15) is 0 Å². The van der Waals surface area contributed by atoms with Gasteiger partial charge in [-0.05, 0) is 30.7 Å². The van der Waals surface area contributed by atoms with Crippen molar-refractivity contribution in [2.75, 3.05) is 0 Å². The number of halogens is 3. The Kier molecular flexibility index (Phi) is 3.66. The number of benzene rings is 2. The summed E-state index contributed by atoms with van der Waals surface area (Å²) in [6.45, 7) is 1.50. The minimum atomic E-state index is -1.24. The van der Waals surface area contributed by atoms with Crippen LogP contribution in [0.3, 0.4) is 0 Å². The van der Waals surface area contributed by atoms with Gasteiger partial charge in [0.25, 0.3) is 0 Å². The van der Waals surface area contributed by atoms with Gasteiger partial charge in [-0.25, -0.2) is 13.6 Å². The summed E-state index contributed by atoms with van der Waals surface area (Å²) in [4.78, 5) is 11.2. The van der Waals surface area contributed by atoms with Gasteiger partial charge in [0.05, 0.1) is 11.1 Å². The molecule has 0 spiro atoms. The van der Waals surface area contributed by atoms with E-state index in [0.717, 1.165) is 6.07 Å². The van der Waals surface area contributed by atoms with Gasteiger partial charge < -0.3 is 5.11 Å². The molecule has 2 aromatic rings. The fourth-order valence-electron chi connectivity index (χ4n) is 1.81. The van der Waals surface area contributed by atoms with Crippen molar-refractivity contribution >= 4 is 21.9 Å². The van der Waals surface area contributed by atoms with Crippen molar-refractivity contribution in [2.24, 2.45) is 0 Å². The number of aromatic carboxylic acids is 1. The van der Waals surface area contributed by atoms with E-state index in [4.69, 9.17) is 5.11 Å². The highest BCUT2D eigenvalue weighted by molar-refractivity contribution is 9.10. The van der Waals surface area contributed by atoms with Crippen molar-refractivity contribution < 1.29 is 18.7 Å². The number of carboxylic acids is 1. The minimum absolute atomic E-state index is 0.0226. The second-order valence-electron chi connectivity index (χ2n) is 4.05. The number of carbonyl (C=O) groups is 1. The largest absolute Gasteiger partial charge is 0.478 e. The first-order chi connectivity index (χ1) is 8.91. The van der Waals surface area contributed by atoms with E-state index >= 15 is 0 Å². The number of rotatable bonds is 2. The minimum Gasteiger partial charge on any atom is -0.478 e. The Morgan fingerprint density at radius 1 is 1.21 bits per heavy atom. The summed E-state index contributed by atoms with van der Waals surface area (Å²) in [6, 6.07) is 6.69. The predicted molar refractivity (Wildman–Crippen MR) is 71.2 cm³/mol. The van der Waals surface area contributed by atoms with Crippen LogP contribution in [0.1, 0.15) is 15.9 Å². The highest BCUT2D eigenvalue weighted by atomic mass is 79.9. The molecule has 0 aliphatic rings. The maximum absolute atomic E-state index is 14.0. The molecule has 98 valence electrons. The topological polar surface area (TPSA) is 37.3 Å². The quantitative estimate of drug-likeness (QED) is 0.888. The van der Waals surface area contributed by atoms with E-state index in [9.17, 15) is 13.6 Å². The average molecular weight is 327 g/mol. The van der Waals surface area contributed by atoms with Gasteiger partial charge in [0.1, 0.15) is 11.6 Å². The van der Waals surface area contributed by atoms with Crippen molar-refractivity contribution in [3.63, 3.8) is 0 Å². The molecule has 0 radical (unpaired) electrons. The third kappa shape index (κ3) is 2.51. The van der Waals surface area contributed by atoms with Crippen LogP contribution >= 0.6 is 15.9 Å². The Morgan fingerprint density at radius 2 is 1.89 bits per heavy atom. The number of carboxylic acid groups (broad SMARTS) is 1. The van der Waals surface area contributed by atoms with Gasteiger partial charge in [0, 0.05) is 10.0 Å². The highest BCUT2D eigenvalue weighted by Crippen LogP contribution is 2.32. The highest BCUT2D eigenvalue weighted by Gasteiger charge is 2.19. The summed E-state index contributed by atoms with van der Waals surface area (Å²) < 4.78 is 28.4. The molecule has 0 amide bonds. The number of hydrogen-bond acceptors (Lipinski definition) is 1. The molecule has 0 saturated heterocycles. The van der Waals surface area contributed by atoms with E-state index < -0.39 is 17.6 Å². The molecule has 5 heteroatoms. The predicted octanol–water partition coefficient (Wildman–Crippen LogP) is 4.40. The van der Waals surface area contributed by atoms with Crippen LogP contribution in [0.15, 0.2) is 34.8 Å². The Labute approximate surface area is 116 Å². The molecule has 0 bridgehead atoms. The third-order valence-corrected chi connectivity index (χ3v) is 3.26. The van der Waals surface area contributed by atoms with Crippen LogP contribution in [-0.4, -0.2) is 11.1 Å². The molecule has 0 atom stereocenters. The van der Waals surface area contributed by atoms with Gasteiger partial charge >= 0.3 is 5.97 Å². The van der Waals surface area contributed by atoms with Crippen LogP contribution in [0.4, 0.5) is 8.78 Å². The van der Waals surface area contributed by atoms with E-state index in [-0.39, 0.29) is 22.3 Å². The van der Waals surface area contributed by atoms with E-state index in [2.05, 4.69) is 15.9 Å². The summed E-state index contributed by atoms with van der Waals surface area (Å²) in [5, 5.41) is 9.14. The zero-order valence-electron chi connectivity index (χ0n) is 9.88. The van der Waals surface area contributed by atoms with E-state index in [1.165, 1.54) is 25.1 Å². The molecule has 0 fully saturated rings. The van der Waals surface area contributed by atoms with Crippen molar-refractivity contribution in [1.82, 2.24) is 0 Å². The van der Waals surface area contributed by atoms with Gasteiger partial charge in [0.2, 0.25) is 0 Å².